The number of amides is 3. The van der Waals surface area contributed by atoms with E-state index in [1.165, 1.54) is 48.5 Å². The number of carboxylic acids is 1. The van der Waals surface area contributed by atoms with E-state index in [1.807, 2.05) is 0 Å². The van der Waals surface area contributed by atoms with Gasteiger partial charge in [-0.25, -0.2) is 14.5 Å². The Morgan fingerprint density at radius 1 is 1.11 bits per heavy atom. The molecule has 1 heterocycles. The largest absolute Gasteiger partial charge is 0.478 e. The van der Waals surface area contributed by atoms with Gasteiger partial charge in [0.2, 0.25) is 0 Å². The maximum absolute atomic E-state index is 12.9. The van der Waals surface area contributed by atoms with Crippen molar-refractivity contribution in [2.24, 2.45) is 0 Å². The molecule has 3 amide bonds. The number of benzene rings is 2. The van der Waals surface area contributed by atoms with Gasteiger partial charge in [-0.3, -0.25) is 9.69 Å². The Kier molecular flexibility index (Phi) is 4.52. The summed E-state index contributed by atoms with van der Waals surface area (Å²) in [5, 5.41) is 9.06. The molecule has 140 valence electrons. The van der Waals surface area contributed by atoms with Crippen LogP contribution in [0.4, 0.5) is 25.0 Å². The lowest BCUT2D eigenvalue weighted by molar-refractivity contribution is -0.158. The summed E-state index contributed by atoms with van der Waals surface area (Å²) in [5.74, 6) is -1.81. The molecule has 0 radical (unpaired) electrons. The van der Waals surface area contributed by atoms with Crippen LogP contribution in [0.3, 0.4) is 0 Å². The predicted octanol–water partition coefficient (Wildman–Crippen LogP) is 3.35. The molecule has 0 aromatic heterocycles. The first-order valence-corrected chi connectivity index (χ1v) is 7.80. The Balaban J connectivity index is 1.84. The number of imide groups is 1. The van der Waals surface area contributed by atoms with Gasteiger partial charge >= 0.3 is 18.1 Å². The number of ether oxygens (including phenoxy) is 1. The van der Waals surface area contributed by atoms with Crippen LogP contribution in [0, 0.1) is 0 Å². The van der Waals surface area contributed by atoms with Crippen molar-refractivity contribution in [2.45, 2.75) is 13.0 Å². The number of alkyl halides is 2. The predicted molar refractivity (Wildman–Crippen MR) is 91.3 cm³/mol. The maximum atomic E-state index is 12.9. The second kappa shape index (κ2) is 6.67. The van der Waals surface area contributed by atoms with Gasteiger partial charge in [-0.15, -0.1) is 0 Å². The summed E-state index contributed by atoms with van der Waals surface area (Å²) in [4.78, 5) is 38.1. The Morgan fingerprint density at radius 2 is 1.78 bits per heavy atom. The van der Waals surface area contributed by atoms with Crippen molar-refractivity contribution >= 4 is 29.3 Å². The van der Waals surface area contributed by atoms with Crippen LogP contribution < -0.4 is 14.5 Å². The average molecular weight is 376 g/mol. The topological polar surface area (TPSA) is 87.2 Å². The number of halogens is 2. The Morgan fingerprint density at radius 3 is 2.37 bits per heavy atom. The second-order valence-electron chi connectivity index (χ2n) is 5.86. The SMILES string of the molecule is CC(F)(F)Oc1ccc(N2CC(=O)N(c3cccc(C(=O)O)c3)C2=O)cc1. The highest BCUT2D eigenvalue weighted by atomic mass is 19.3. The van der Waals surface area contributed by atoms with Crippen LogP contribution in [0.5, 0.6) is 5.75 Å². The molecular weight excluding hydrogens is 362 g/mol. The molecule has 2 aromatic rings. The number of carbonyl (C=O) groups excluding carboxylic acids is 2. The maximum Gasteiger partial charge on any atom is 0.394 e. The van der Waals surface area contributed by atoms with E-state index in [9.17, 15) is 23.2 Å². The van der Waals surface area contributed by atoms with E-state index in [0.717, 1.165) is 9.80 Å². The molecule has 1 fully saturated rings. The number of rotatable bonds is 5. The van der Waals surface area contributed by atoms with Gasteiger partial charge in [0.05, 0.1) is 11.3 Å². The Labute approximate surface area is 152 Å². The van der Waals surface area contributed by atoms with E-state index in [1.54, 1.807) is 0 Å². The van der Waals surface area contributed by atoms with Crippen molar-refractivity contribution in [3.63, 3.8) is 0 Å². The van der Waals surface area contributed by atoms with E-state index in [2.05, 4.69) is 4.74 Å². The summed E-state index contributed by atoms with van der Waals surface area (Å²) < 4.78 is 30.2. The highest BCUT2D eigenvalue weighted by Crippen LogP contribution is 2.29. The highest BCUT2D eigenvalue weighted by molar-refractivity contribution is 6.27. The van der Waals surface area contributed by atoms with Crippen LogP contribution in [0.1, 0.15) is 17.3 Å². The fraction of sp³-hybridized carbons (Fsp3) is 0.167. The monoisotopic (exact) mass is 376 g/mol. The standard InChI is InChI=1S/C18H14F2N2O5/c1-18(19,20)27-14-7-5-12(6-8-14)21-10-15(23)22(17(21)26)13-4-2-3-11(9-13)16(24)25/h2-9H,10H2,1H3,(H,24,25). The minimum Gasteiger partial charge on any atom is -0.478 e. The molecule has 2 aromatic carbocycles. The van der Waals surface area contributed by atoms with Crippen LogP contribution >= 0.6 is 0 Å². The number of urea groups is 1. The molecular formula is C18H14F2N2O5. The molecule has 0 unspecified atom stereocenters. The van der Waals surface area contributed by atoms with Gasteiger partial charge in [0.15, 0.2) is 0 Å². The zero-order valence-electron chi connectivity index (χ0n) is 14.1. The van der Waals surface area contributed by atoms with Gasteiger partial charge < -0.3 is 9.84 Å². The first-order valence-electron chi connectivity index (χ1n) is 7.80. The van der Waals surface area contributed by atoms with E-state index >= 15 is 0 Å². The van der Waals surface area contributed by atoms with Crippen LogP contribution in [-0.2, 0) is 4.79 Å². The Bertz CT molecular complexity index is 909. The minimum atomic E-state index is -3.34. The van der Waals surface area contributed by atoms with Crippen molar-refractivity contribution in [1.82, 2.24) is 0 Å². The van der Waals surface area contributed by atoms with Crippen LogP contribution in [0.25, 0.3) is 0 Å². The van der Waals surface area contributed by atoms with Gasteiger partial charge in [0.25, 0.3) is 5.91 Å². The van der Waals surface area contributed by atoms with E-state index in [-0.39, 0.29) is 23.5 Å². The van der Waals surface area contributed by atoms with Gasteiger partial charge in [0, 0.05) is 12.6 Å². The van der Waals surface area contributed by atoms with Crippen LogP contribution in [-0.4, -0.2) is 35.7 Å². The quantitative estimate of drug-likeness (QED) is 0.809. The second-order valence-corrected chi connectivity index (χ2v) is 5.86. The first kappa shape index (κ1) is 18.3. The highest BCUT2D eigenvalue weighted by Gasteiger charge is 2.38. The summed E-state index contributed by atoms with van der Waals surface area (Å²) >= 11 is 0. The molecule has 27 heavy (non-hydrogen) atoms. The summed E-state index contributed by atoms with van der Waals surface area (Å²) in [6, 6.07) is 10.1. The molecule has 1 saturated heterocycles. The third-order valence-electron chi connectivity index (χ3n) is 3.76. The zero-order valence-corrected chi connectivity index (χ0v) is 14.1. The normalized spacial score (nSPS) is 14.6. The van der Waals surface area contributed by atoms with Gasteiger partial charge in [-0.1, -0.05) is 6.07 Å². The third kappa shape index (κ3) is 3.86. The molecule has 3 rings (SSSR count). The number of aromatic carboxylic acids is 1. The van der Waals surface area contributed by atoms with E-state index in [4.69, 9.17) is 5.11 Å². The number of carboxylic acid groups (broad SMARTS) is 1. The molecule has 0 atom stereocenters. The summed E-state index contributed by atoms with van der Waals surface area (Å²) in [5.41, 5.74) is 0.392. The van der Waals surface area contributed by atoms with Crippen molar-refractivity contribution in [2.75, 3.05) is 16.3 Å². The fourth-order valence-corrected chi connectivity index (χ4v) is 2.64. The molecule has 0 aliphatic carbocycles. The van der Waals surface area contributed by atoms with E-state index in [0.29, 0.717) is 12.6 Å². The first-order chi connectivity index (χ1) is 12.7. The average Bonchev–Trinajstić information content (AvgIpc) is 2.89. The smallest absolute Gasteiger partial charge is 0.394 e. The number of hydrogen-bond acceptors (Lipinski definition) is 4. The number of nitrogens with zero attached hydrogens (tertiary/aromatic N) is 2. The van der Waals surface area contributed by atoms with Crippen molar-refractivity contribution in [3.05, 3.63) is 54.1 Å². The zero-order chi connectivity index (χ0) is 19.8. The van der Waals surface area contributed by atoms with Crippen molar-refractivity contribution in [1.29, 1.82) is 0 Å². The minimum absolute atomic E-state index is 0.0615. The molecule has 0 saturated carbocycles. The summed E-state index contributed by atoms with van der Waals surface area (Å²) in [7, 11) is 0. The van der Waals surface area contributed by atoms with Crippen LogP contribution in [0.2, 0.25) is 0 Å². The molecule has 1 aliphatic rings. The number of anilines is 2. The van der Waals surface area contributed by atoms with E-state index < -0.39 is 24.0 Å². The third-order valence-corrected chi connectivity index (χ3v) is 3.76. The number of carbonyl (C=O) groups is 3. The van der Waals surface area contributed by atoms with Gasteiger partial charge in [0.1, 0.15) is 12.3 Å². The lowest BCUT2D eigenvalue weighted by Gasteiger charge is -2.18. The Hall–Kier alpha value is -3.49. The summed E-state index contributed by atoms with van der Waals surface area (Å²) in [6.07, 6.45) is -3.34. The lowest BCUT2D eigenvalue weighted by atomic mass is 10.2. The molecule has 0 spiro atoms. The number of hydrogen-bond donors (Lipinski definition) is 1. The van der Waals surface area contributed by atoms with Gasteiger partial charge in [-0.05, 0) is 42.5 Å². The molecule has 0 bridgehead atoms. The summed E-state index contributed by atoms with van der Waals surface area (Å²) in [6.45, 7) is 0.340. The lowest BCUT2D eigenvalue weighted by Crippen LogP contribution is -2.33. The fourth-order valence-electron chi connectivity index (χ4n) is 2.64. The van der Waals surface area contributed by atoms with Gasteiger partial charge in [-0.2, -0.15) is 8.78 Å². The molecule has 1 N–H and O–H groups in total. The van der Waals surface area contributed by atoms with Crippen LogP contribution in [0.15, 0.2) is 48.5 Å². The molecule has 7 nitrogen and oxygen atoms in total. The molecule has 9 heteroatoms. The molecule has 1 aliphatic heterocycles. The van der Waals surface area contributed by atoms with Crippen molar-refractivity contribution in [3.8, 4) is 5.75 Å². The van der Waals surface area contributed by atoms with Crippen molar-refractivity contribution < 1.29 is 33.0 Å².